The number of nitrogens with one attached hydrogen (secondary N) is 2. The Hall–Kier alpha value is -4.06. The number of carbonyl (C=O) groups excluding carboxylic acids is 2. The van der Waals surface area contributed by atoms with Gasteiger partial charge in [0.1, 0.15) is 0 Å². The number of rotatable bonds is 5. The molecule has 3 aromatic rings. The number of amides is 2. The van der Waals surface area contributed by atoms with Crippen LogP contribution in [0, 0.1) is 11.8 Å². The highest BCUT2D eigenvalue weighted by molar-refractivity contribution is 5.97. The number of alkyl halides is 3. The van der Waals surface area contributed by atoms with Gasteiger partial charge in [0.15, 0.2) is 0 Å². The first-order chi connectivity index (χ1) is 16.3. The molecule has 2 aromatic heterocycles. The van der Waals surface area contributed by atoms with Gasteiger partial charge in [0.05, 0.1) is 17.8 Å². The van der Waals surface area contributed by atoms with Gasteiger partial charge < -0.3 is 15.2 Å². The Kier molecular flexibility index (Phi) is 6.41. The standard InChI is InChI=1S/C25H21F3N4O2/c1-2-3-11-32(24(34)25(26,27)28)15-16-5-4-6-17(12-16)21-13-18(7-9-29-21)22-14-19-20(31-22)8-10-30-23(19)33/h4-7,9,12-14,31H,8,10-11,15H2,1H3,(H,30,33). The summed E-state index contributed by atoms with van der Waals surface area (Å²) in [6.45, 7) is 1.53. The fourth-order valence-corrected chi connectivity index (χ4v) is 3.81. The molecule has 6 nitrogen and oxygen atoms in total. The van der Waals surface area contributed by atoms with E-state index in [1.165, 1.54) is 6.92 Å². The minimum absolute atomic E-state index is 0.114. The molecular weight excluding hydrogens is 445 g/mol. The highest BCUT2D eigenvalue weighted by Gasteiger charge is 2.42. The van der Waals surface area contributed by atoms with E-state index in [0.717, 1.165) is 23.4 Å². The van der Waals surface area contributed by atoms with Crippen LogP contribution in [0.1, 0.15) is 28.5 Å². The lowest BCUT2D eigenvalue weighted by molar-refractivity contribution is -0.185. The predicted molar refractivity (Wildman–Crippen MR) is 120 cm³/mol. The molecule has 0 spiro atoms. The van der Waals surface area contributed by atoms with Gasteiger partial charge >= 0.3 is 12.1 Å². The molecule has 174 valence electrons. The van der Waals surface area contributed by atoms with Crippen LogP contribution in [0.5, 0.6) is 0 Å². The molecule has 9 heteroatoms. The van der Waals surface area contributed by atoms with E-state index in [4.69, 9.17) is 0 Å². The number of carbonyl (C=O) groups is 2. The van der Waals surface area contributed by atoms with Gasteiger partial charge in [-0.25, -0.2) is 0 Å². The summed E-state index contributed by atoms with van der Waals surface area (Å²) < 4.78 is 39.0. The molecule has 4 rings (SSSR count). The molecule has 3 heterocycles. The van der Waals surface area contributed by atoms with Crippen LogP contribution >= 0.6 is 0 Å². The van der Waals surface area contributed by atoms with E-state index >= 15 is 0 Å². The number of nitrogens with zero attached hydrogens (tertiary/aromatic N) is 2. The van der Waals surface area contributed by atoms with Crippen LogP contribution in [-0.2, 0) is 17.8 Å². The van der Waals surface area contributed by atoms with Crippen molar-refractivity contribution in [3.8, 4) is 34.4 Å². The van der Waals surface area contributed by atoms with Gasteiger partial charge in [0.25, 0.3) is 5.91 Å². The predicted octanol–water partition coefficient (Wildman–Crippen LogP) is 3.94. The second-order valence-corrected chi connectivity index (χ2v) is 7.80. The molecule has 0 atom stereocenters. The first-order valence-electron chi connectivity index (χ1n) is 10.6. The summed E-state index contributed by atoms with van der Waals surface area (Å²) in [7, 11) is 0. The average molecular weight is 466 g/mol. The number of halogens is 3. The Bertz CT molecular complexity index is 1300. The van der Waals surface area contributed by atoms with Crippen molar-refractivity contribution in [2.24, 2.45) is 0 Å². The molecule has 2 N–H and O–H groups in total. The van der Waals surface area contributed by atoms with Crippen LogP contribution in [0.15, 0.2) is 48.7 Å². The number of H-pyrrole nitrogens is 1. The maximum absolute atomic E-state index is 13.0. The van der Waals surface area contributed by atoms with E-state index in [-0.39, 0.29) is 19.0 Å². The largest absolute Gasteiger partial charge is 0.471 e. The van der Waals surface area contributed by atoms with Crippen molar-refractivity contribution in [2.75, 3.05) is 13.1 Å². The summed E-state index contributed by atoms with van der Waals surface area (Å²) in [4.78, 5) is 32.3. The maximum atomic E-state index is 13.0. The average Bonchev–Trinajstić information content (AvgIpc) is 3.27. The second kappa shape index (κ2) is 9.43. The number of aromatic amines is 1. The zero-order chi connectivity index (χ0) is 24.3. The molecule has 0 aliphatic carbocycles. The summed E-state index contributed by atoms with van der Waals surface area (Å²) in [6, 6.07) is 12.3. The number of hydrogen-bond acceptors (Lipinski definition) is 3. The van der Waals surface area contributed by atoms with Crippen molar-refractivity contribution >= 4 is 11.8 Å². The summed E-state index contributed by atoms with van der Waals surface area (Å²) in [5, 5.41) is 2.81. The Labute approximate surface area is 194 Å². The van der Waals surface area contributed by atoms with E-state index in [1.54, 1.807) is 36.5 Å². The number of aromatic nitrogens is 2. The zero-order valence-electron chi connectivity index (χ0n) is 18.3. The van der Waals surface area contributed by atoms with Crippen LogP contribution in [-0.4, -0.2) is 45.9 Å². The van der Waals surface area contributed by atoms with E-state index in [9.17, 15) is 22.8 Å². The summed E-state index contributed by atoms with van der Waals surface area (Å²) in [5.74, 6) is 3.00. The molecule has 34 heavy (non-hydrogen) atoms. The molecule has 2 amide bonds. The molecule has 1 aromatic carbocycles. The monoisotopic (exact) mass is 466 g/mol. The topological polar surface area (TPSA) is 78.1 Å². The van der Waals surface area contributed by atoms with Crippen molar-refractivity contribution in [1.29, 1.82) is 0 Å². The molecule has 1 aliphatic heterocycles. The van der Waals surface area contributed by atoms with Crippen molar-refractivity contribution in [3.63, 3.8) is 0 Å². The lowest BCUT2D eigenvalue weighted by Crippen LogP contribution is -2.40. The van der Waals surface area contributed by atoms with Crippen LogP contribution in [0.3, 0.4) is 0 Å². The fourth-order valence-electron chi connectivity index (χ4n) is 3.81. The van der Waals surface area contributed by atoms with Crippen molar-refractivity contribution in [2.45, 2.75) is 26.1 Å². The quantitative estimate of drug-likeness (QED) is 0.559. The van der Waals surface area contributed by atoms with Crippen molar-refractivity contribution < 1.29 is 22.8 Å². The summed E-state index contributed by atoms with van der Waals surface area (Å²) >= 11 is 0. The second-order valence-electron chi connectivity index (χ2n) is 7.80. The van der Waals surface area contributed by atoms with Gasteiger partial charge in [0.2, 0.25) is 0 Å². The smallest absolute Gasteiger partial charge is 0.358 e. The third kappa shape index (κ3) is 4.96. The highest BCUT2D eigenvalue weighted by atomic mass is 19.4. The Balaban J connectivity index is 1.61. The van der Waals surface area contributed by atoms with Crippen LogP contribution in [0.4, 0.5) is 13.2 Å². The third-order valence-electron chi connectivity index (χ3n) is 5.45. The summed E-state index contributed by atoms with van der Waals surface area (Å²) in [6.07, 6.45) is -2.63. The van der Waals surface area contributed by atoms with E-state index in [1.807, 2.05) is 12.1 Å². The van der Waals surface area contributed by atoms with E-state index in [0.29, 0.717) is 33.8 Å². The molecule has 0 bridgehead atoms. The molecule has 0 fully saturated rings. The number of pyridine rings is 1. The lowest BCUT2D eigenvalue weighted by atomic mass is 10.0. The number of hydrogen-bond donors (Lipinski definition) is 2. The maximum Gasteiger partial charge on any atom is 0.471 e. The Morgan fingerprint density at radius 1 is 1.18 bits per heavy atom. The van der Waals surface area contributed by atoms with Crippen LogP contribution in [0.25, 0.3) is 22.5 Å². The SMILES string of the molecule is CC#CCN(Cc1cccc(-c2cc(-c3cc4c([nH]3)CCNC4=O)ccn2)c1)C(=O)C(F)(F)F. The molecule has 0 unspecified atom stereocenters. The fraction of sp³-hybridized carbons (Fsp3) is 0.240. The molecular formula is C25H21F3N4O2. The normalized spacial score (nSPS) is 12.9. The lowest BCUT2D eigenvalue weighted by Gasteiger charge is -2.22. The first kappa shape index (κ1) is 23.1. The van der Waals surface area contributed by atoms with Crippen LogP contribution in [0.2, 0.25) is 0 Å². The van der Waals surface area contributed by atoms with E-state index in [2.05, 4.69) is 27.1 Å². The molecule has 0 radical (unpaired) electrons. The number of fused-ring (bicyclic) bond motifs is 1. The van der Waals surface area contributed by atoms with Gasteiger partial charge in [0, 0.05) is 48.2 Å². The van der Waals surface area contributed by atoms with Gasteiger partial charge in [-0.05, 0) is 36.8 Å². The van der Waals surface area contributed by atoms with E-state index < -0.39 is 12.1 Å². The van der Waals surface area contributed by atoms with Gasteiger partial charge in [-0.15, -0.1) is 5.92 Å². The van der Waals surface area contributed by atoms with Gasteiger partial charge in [-0.1, -0.05) is 24.1 Å². The zero-order valence-corrected chi connectivity index (χ0v) is 18.3. The Morgan fingerprint density at radius 3 is 2.74 bits per heavy atom. The highest BCUT2D eigenvalue weighted by Crippen LogP contribution is 2.28. The number of benzene rings is 1. The minimum atomic E-state index is -4.98. The molecule has 0 saturated carbocycles. The van der Waals surface area contributed by atoms with Gasteiger partial charge in [-0.2, -0.15) is 13.2 Å². The van der Waals surface area contributed by atoms with Crippen LogP contribution < -0.4 is 5.32 Å². The van der Waals surface area contributed by atoms with Crippen molar-refractivity contribution in [1.82, 2.24) is 20.2 Å². The first-order valence-corrected chi connectivity index (χ1v) is 10.6. The minimum Gasteiger partial charge on any atom is -0.358 e. The molecule has 1 aliphatic rings. The third-order valence-corrected chi connectivity index (χ3v) is 5.45. The van der Waals surface area contributed by atoms with Gasteiger partial charge in [-0.3, -0.25) is 14.6 Å². The Morgan fingerprint density at radius 2 is 2.00 bits per heavy atom. The molecule has 0 saturated heterocycles. The summed E-state index contributed by atoms with van der Waals surface area (Å²) in [5.41, 5.74) is 4.92. The van der Waals surface area contributed by atoms with Crippen molar-refractivity contribution in [3.05, 3.63) is 65.5 Å².